The van der Waals surface area contributed by atoms with Crippen molar-refractivity contribution in [1.29, 1.82) is 0 Å². The van der Waals surface area contributed by atoms with Crippen LogP contribution in [0.4, 0.5) is 8.78 Å². The van der Waals surface area contributed by atoms with E-state index in [1.54, 1.807) is 0 Å². The van der Waals surface area contributed by atoms with E-state index in [4.69, 9.17) is 4.74 Å². The number of halogens is 2. The zero-order chi connectivity index (χ0) is 9.61. The Morgan fingerprint density at radius 3 is 2.42 bits per heavy atom. The van der Waals surface area contributed by atoms with E-state index in [0.717, 1.165) is 0 Å². The Kier molecular flexibility index (Phi) is 5.33. The Morgan fingerprint density at radius 2 is 2.00 bits per heavy atom. The summed E-state index contributed by atoms with van der Waals surface area (Å²) in [6, 6.07) is 0. The lowest BCUT2D eigenvalue weighted by Gasteiger charge is -2.16. The second-order valence-corrected chi connectivity index (χ2v) is 3.30. The highest BCUT2D eigenvalue weighted by Crippen LogP contribution is 2.12. The van der Waals surface area contributed by atoms with Gasteiger partial charge in [-0.25, -0.2) is 8.78 Å². The Morgan fingerprint density at radius 1 is 1.42 bits per heavy atom. The summed E-state index contributed by atoms with van der Waals surface area (Å²) < 4.78 is 30.2. The lowest BCUT2D eigenvalue weighted by molar-refractivity contribution is -0.0780. The minimum absolute atomic E-state index is 0.301. The highest BCUT2D eigenvalue weighted by molar-refractivity contribution is 4.66. The lowest BCUT2D eigenvalue weighted by atomic mass is 10.2. The molecule has 0 aliphatic heterocycles. The molecule has 0 radical (unpaired) electrons. The van der Waals surface area contributed by atoms with Crippen molar-refractivity contribution in [3.63, 3.8) is 0 Å². The van der Waals surface area contributed by atoms with Crippen molar-refractivity contribution in [3.05, 3.63) is 0 Å². The third-order valence-electron chi connectivity index (χ3n) is 1.20. The molecule has 0 spiro atoms. The van der Waals surface area contributed by atoms with Gasteiger partial charge < -0.3 is 10.1 Å². The molecule has 0 aromatic rings. The largest absolute Gasteiger partial charge is 0.375 e. The molecular weight excluding hydrogens is 164 g/mol. The molecule has 0 atom stereocenters. The van der Waals surface area contributed by atoms with Crippen LogP contribution in [0.25, 0.3) is 0 Å². The smallest absolute Gasteiger partial charge is 0.283 e. The van der Waals surface area contributed by atoms with Crippen LogP contribution in [0.15, 0.2) is 0 Å². The van der Waals surface area contributed by atoms with Gasteiger partial charge in [0, 0.05) is 6.61 Å². The lowest BCUT2D eigenvalue weighted by Crippen LogP contribution is -2.35. The predicted octanol–water partition coefficient (Wildman–Crippen LogP) is 1.51. The SMILES string of the molecule is CNCC(F)(F)COCC(C)C. The number of hydrogen-bond donors (Lipinski definition) is 1. The first kappa shape index (κ1) is 11.8. The second-order valence-electron chi connectivity index (χ2n) is 3.30. The van der Waals surface area contributed by atoms with Gasteiger partial charge in [0.15, 0.2) is 0 Å². The van der Waals surface area contributed by atoms with E-state index < -0.39 is 12.5 Å². The number of nitrogens with one attached hydrogen (secondary N) is 1. The molecule has 0 saturated carbocycles. The van der Waals surface area contributed by atoms with E-state index in [1.165, 1.54) is 7.05 Å². The molecule has 0 unspecified atom stereocenters. The average molecular weight is 181 g/mol. The van der Waals surface area contributed by atoms with Crippen LogP contribution < -0.4 is 5.32 Å². The molecule has 0 aromatic heterocycles. The Labute approximate surface area is 72.3 Å². The van der Waals surface area contributed by atoms with Gasteiger partial charge in [0.25, 0.3) is 5.92 Å². The maximum Gasteiger partial charge on any atom is 0.283 e. The molecular formula is C8H17F2NO. The van der Waals surface area contributed by atoms with Gasteiger partial charge in [0.05, 0.1) is 6.54 Å². The van der Waals surface area contributed by atoms with Gasteiger partial charge in [0.1, 0.15) is 6.61 Å². The highest BCUT2D eigenvalue weighted by Gasteiger charge is 2.27. The molecule has 0 aliphatic carbocycles. The van der Waals surface area contributed by atoms with E-state index in [-0.39, 0.29) is 6.54 Å². The Hall–Kier alpha value is -0.220. The molecule has 0 aromatic carbocycles. The third-order valence-corrected chi connectivity index (χ3v) is 1.20. The normalized spacial score (nSPS) is 12.5. The number of ether oxygens (including phenoxy) is 1. The first-order chi connectivity index (χ1) is 5.48. The summed E-state index contributed by atoms with van der Waals surface area (Å²) in [6.45, 7) is 3.42. The minimum atomic E-state index is -2.75. The molecule has 74 valence electrons. The van der Waals surface area contributed by atoms with Crippen molar-refractivity contribution in [2.24, 2.45) is 5.92 Å². The van der Waals surface area contributed by atoms with Gasteiger partial charge in [-0.1, -0.05) is 13.8 Å². The first-order valence-electron chi connectivity index (χ1n) is 4.08. The minimum Gasteiger partial charge on any atom is -0.375 e. The zero-order valence-electron chi connectivity index (χ0n) is 7.86. The number of rotatable bonds is 6. The summed E-state index contributed by atoms with van der Waals surface area (Å²) in [5.41, 5.74) is 0. The summed E-state index contributed by atoms with van der Waals surface area (Å²) in [4.78, 5) is 0. The Balaban J connectivity index is 3.46. The van der Waals surface area contributed by atoms with Crippen molar-refractivity contribution < 1.29 is 13.5 Å². The van der Waals surface area contributed by atoms with Crippen molar-refractivity contribution in [2.75, 3.05) is 26.8 Å². The van der Waals surface area contributed by atoms with Crippen LogP contribution in [0.3, 0.4) is 0 Å². The van der Waals surface area contributed by atoms with Gasteiger partial charge in [-0.05, 0) is 13.0 Å². The van der Waals surface area contributed by atoms with Gasteiger partial charge in [-0.15, -0.1) is 0 Å². The third kappa shape index (κ3) is 6.49. The predicted molar refractivity (Wildman–Crippen MR) is 44.5 cm³/mol. The molecule has 0 bridgehead atoms. The van der Waals surface area contributed by atoms with Crippen LogP contribution in [-0.4, -0.2) is 32.7 Å². The molecule has 1 N–H and O–H groups in total. The quantitative estimate of drug-likeness (QED) is 0.670. The second kappa shape index (κ2) is 5.43. The molecule has 0 aliphatic rings. The maximum absolute atomic E-state index is 12.7. The van der Waals surface area contributed by atoms with E-state index in [1.807, 2.05) is 13.8 Å². The monoisotopic (exact) mass is 181 g/mol. The van der Waals surface area contributed by atoms with Crippen LogP contribution in [0.1, 0.15) is 13.8 Å². The molecule has 0 amide bonds. The molecule has 0 rings (SSSR count). The molecule has 12 heavy (non-hydrogen) atoms. The van der Waals surface area contributed by atoms with E-state index >= 15 is 0 Å². The summed E-state index contributed by atoms with van der Waals surface area (Å²) in [6.07, 6.45) is 0. The van der Waals surface area contributed by atoms with Crippen LogP contribution in [-0.2, 0) is 4.74 Å². The molecule has 2 nitrogen and oxygen atoms in total. The summed E-state index contributed by atoms with van der Waals surface area (Å²) in [5.74, 6) is -2.45. The fraction of sp³-hybridized carbons (Fsp3) is 1.00. The van der Waals surface area contributed by atoms with Gasteiger partial charge in [0.2, 0.25) is 0 Å². The van der Waals surface area contributed by atoms with Gasteiger partial charge in [-0.3, -0.25) is 0 Å². The molecule has 0 saturated heterocycles. The van der Waals surface area contributed by atoms with Crippen LogP contribution in [0, 0.1) is 5.92 Å². The summed E-state index contributed by atoms with van der Waals surface area (Å²) >= 11 is 0. The van der Waals surface area contributed by atoms with Gasteiger partial charge in [-0.2, -0.15) is 0 Å². The van der Waals surface area contributed by atoms with E-state index in [9.17, 15) is 8.78 Å². The topological polar surface area (TPSA) is 21.3 Å². The number of hydrogen-bond acceptors (Lipinski definition) is 2. The summed E-state index contributed by atoms with van der Waals surface area (Å²) in [5, 5.41) is 2.42. The van der Waals surface area contributed by atoms with Crippen LogP contribution >= 0.6 is 0 Å². The number of alkyl halides is 2. The van der Waals surface area contributed by atoms with Crippen LogP contribution in [0.2, 0.25) is 0 Å². The Bertz CT molecular complexity index is 118. The first-order valence-corrected chi connectivity index (χ1v) is 4.08. The van der Waals surface area contributed by atoms with E-state index in [2.05, 4.69) is 5.32 Å². The van der Waals surface area contributed by atoms with Gasteiger partial charge >= 0.3 is 0 Å². The fourth-order valence-corrected chi connectivity index (χ4v) is 0.754. The van der Waals surface area contributed by atoms with Crippen LogP contribution in [0.5, 0.6) is 0 Å². The van der Waals surface area contributed by atoms with Crippen molar-refractivity contribution in [2.45, 2.75) is 19.8 Å². The average Bonchev–Trinajstić information content (AvgIpc) is 1.85. The van der Waals surface area contributed by atoms with E-state index in [0.29, 0.717) is 12.5 Å². The maximum atomic E-state index is 12.7. The molecule has 0 heterocycles. The fourth-order valence-electron chi connectivity index (χ4n) is 0.754. The summed E-state index contributed by atoms with van der Waals surface area (Å²) in [7, 11) is 1.50. The molecule has 4 heteroatoms. The van der Waals surface area contributed by atoms with Crippen molar-refractivity contribution >= 4 is 0 Å². The van der Waals surface area contributed by atoms with Crippen molar-refractivity contribution in [1.82, 2.24) is 5.32 Å². The molecule has 0 fully saturated rings. The zero-order valence-corrected chi connectivity index (χ0v) is 7.86. The highest BCUT2D eigenvalue weighted by atomic mass is 19.3. The standard InChI is InChI=1S/C8H17F2NO/c1-7(2)4-12-6-8(9,10)5-11-3/h7,11H,4-6H2,1-3H3. The van der Waals surface area contributed by atoms with Crippen molar-refractivity contribution in [3.8, 4) is 0 Å².